The Morgan fingerprint density at radius 3 is 2.23 bits per heavy atom. The predicted octanol–water partition coefficient (Wildman–Crippen LogP) is 4.32. The van der Waals surface area contributed by atoms with Gasteiger partial charge in [0.25, 0.3) is 0 Å². The van der Waals surface area contributed by atoms with Crippen LogP contribution in [0.4, 0.5) is 16.2 Å². The minimum Gasteiger partial charge on any atom is -0.461 e. The highest BCUT2D eigenvalue weighted by molar-refractivity contribution is 7.11. The monoisotopic (exact) mass is 425 g/mol. The lowest BCUT2D eigenvalue weighted by atomic mass is 10.2. The van der Waals surface area contributed by atoms with E-state index >= 15 is 0 Å². The number of esters is 2. The van der Waals surface area contributed by atoms with Crippen LogP contribution in [0.15, 0.2) is 60.0 Å². The van der Waals surface area contributed by atoms with Gasteiger partial charge in [0, 0.05) is 16.8 Å². The summed E-state index contributed by atoms with van der Waals surface area (Å²) in [5.74, 6) is -1.04. The molecule has 0 radical (unpaired) electrons. The van der Waals surface area contributed by atoms with Crippen LogP contribution in [0.5, 0.6) is 0 Å². The molecule has 2 aromatic carbocycles. The van der Waals surface area contributed by atoms with Crippen molar-refractivity contribution in [1.82, 2.24) is 4.98 Å². The average Bonchev–Trinajstić information content (AvgIpc) is 3.23. The third-order valence-corrected chi connectivity index (χ3v) is 4.63. The van der Waals surface area contributed by atoms with Crippen LogP contribution >= 0.6 is 11.3 Å². The zero-order chi connectivity index (χ0) is 21.3. The van der Waals surface area contributed by atoms with Crippen LogP contribution in [0.1, 0.15) is 32.8 Å². The molecule has 30 heavy (non-hydrogen) atoms. The first kappa shape index (κ1) is 21.0. The normalized spacial score (nSPS) is 10.2. The summed E-state index contributed by atoms with van der Waals surface area (Å²) >= 11 is 1.13. The van der Waals surface area contributed by atoms with E-state index in [0.717, 1.165) is 11.3 Å². The van der Waals surface area contributed by atoms with Crippen molar-refractivity contribution in [3.63, 3.8) is 0 Å². The maximum atomic E-state index is 12.2. The third kappa shape index (κ3) is 5.89. The molecule has 8 nitrogen and oxygen atoms in total. The van der Waals surface area contributed by atoms with Gasteiger partial charge in [-0.05, 0) is 43.3 Å². The number of nitrogens with one attached hydrogen (secondary N) is 2. The fourth-order valence-electron chi connectivity index (χ4n) is 2.39. The van der Waals surface area contributed by atoms with E-state index in [1.807, 2.05) is 18.2 Å². The summed E-state index contributed by atoms with van der Waals surface area (Å²) in [6, 6.07) is 14.9. The Labute approximate surface area is 176 Å². The second-order valence-corrected chi connectivity index (χ2v) is 6.82. The Morgan fingerprint density at radius 2 is 1.57 bits per heavy atom. The lowest BCUT2D eigenvalue weighted by Crippen LogP contribution is -2.19. The highest BCUT2D eigenvalue weighted by Crippen LogP contribution is 2.15. The molecule has 1 heterocycles. The summed E-state index contributed by atoms with van der Waals surface area (Å²) in [6.07, 6.45) is 0. The van der Waals surface area contributed by atoms with E-state index in [1.165, 1.54) is 0 Å². The van der Waals surface area contributed by atoms with Crippen molar-refractivity contribution in [1.29, 1.82) is 0 Å². The van der Waals surface area contributed by atoms with Gasteiger partial charge in [0.1, 0.15) is 6.61 Å². The first-order valence-electron chi connectivity index (χ1n) is 9.07. The van der Waals surface area contributed by atoms with E-state index in [-0.39, 0.29) is 18.2 Å². The van der Waals surface area contributed by atoms with Gasteiger partial charge in [-0.2, -0.15) is 0 Å². The molecule has 0 unspecified atom stereocenters. The zero-order valence-electron chi connectivity index (χ0n) is 16.1. The molecule has 0 saturated carbocycles. The van der Waals surface area contributed by atoms with Crippen molar-refractivity contribution < 1.29 is 23.9 Å². The smallest absolute Gasteiger partial charge is 0.367 e. The molecule has 0 aliphatic heterocycles. The number of carbonyl (C=O) groups is 3. The van der Waals surface area contributed by atoms with E-state index in [2.05, 4.69) is 15.6 Å². The van der Waals surface area contributed by atoms with Gasteiger partial charge in [-0.25, -0.2) is 19.4 Å². The van der Waals surface area contributed by atoms with Crippen molar-refractivity contribution in [2.24, 2.45) is 0 Å². The molecule has 2 amide bonds. The van der Waals surface area contributed by atoms with Gasteiger partial charge in [0.2, 0.25) is 5.01 Å². The molecule has 0 aliphatic rings. The van der Waals surface area contributed by atoms with Crippen LogP contribution in [0.3, 0.4) is 0 Å². The minimum atomic E-state index is -0.541. The summed E-state index contributed by atoms with van der Waals surface area (Å²) in [6.45, 7) is 1.92. The van der Waals surface area contributed by atoms with Gasteiger partial charge in [0.05, 0.1) is 17.9 Å². The molecular formula is C21H19N3O5S. The topological polar surface area (TPSA) is 107 Å². The lowest BCUT2D eigenvalue weighted by molar-refractivity contribution is 0.0468. The van der Waals surface area contributed by atoms with Gasteiger partial charge < -0.3 is 20.1 Å². The Hall–Kier alpha value is -3.72. The van der Waals surface area contributed by atoms with Crippen LogP contribution < -0.4 is 10.6 Å². The van der Waals surface area contributed by atoms with Crippen LogP contribution in [0.25, 0.3) is 0 Å². The number of carbonyl (C=O) groups excluding carboxylic acids is 3. The van der Waals surface area contributed by atoms with Crippen molar-refractivity contribution in [2.75, 3.05) is 17.2 Å². The zero-order valence-corrected chi connectivity index (χ0v) is 16.9. The molecule has 9 heteroatoms. The molecule has 0 saturated heterocycles. The molecule has 0 bridgehead atoms. The van der Waals surface area contributed by atoms with Gasteiger partial charge in [0.15, 0.2) is 0 Å². The quantitative estimate of drug-likeness (QED) is 0.546. The maximum Gasteiger partial charge on any atom is 0.367 e. The highest BCUT2D eigenvalue weighted by atomic mass is 32.1. The number of hydrogen-bond donors (Lipinski definition) is 2. The number of hydrogen-bond acceptors (Lipinski definition) is 7. The number of urea groups is 1. The Balaban J connectivity index is 1.50. The number of amides is 2. The van der Waals surface area contributed by atoms with Crippen LogP contribution in [0.2, 0.25) is 0 Å². The van der Waals surface area contributed by atoms with Crippen LogP contribution in [-0.2, 0) is 16.1 Å². The molecular weight excluding hydrogens is 406 g/mol. The van der Waals surface area contributed by atoms with E-state index in [1.54, 1.807) is 48.7 Å². The SMILES string of the molecule is CCOC(=O)c1nc(COC(=O)c2ccc(NC(=O)Nc3ccccc3)cc2)cs1. The summed E-state index contributed by atoms with van der Waals surface area (Å²) in [7, 11) is 0. The number of anilines is 2. The van der Waals surface area contributed by atoms with Crippen LogP contribution in [-0.4, -0.2) is 29.6 Å². The summed E-state index contributed by atoms with van der Waals surface area (Å²) in [5, 5.41) is 7.24. The predicted molar refractivity (Wildman–Crippen MR) is 113 cm³/mol. The first-order valence-corrected chi connectivity index (χ1v) is 9.95. The van der Waals surface area contributed by atoms with Crippen molar-refractivity contribution in [3.8, 4) is 0 Å². The number of nitrogens with zero attached hydrogens (tertiary/aromatic N) is 1. The molecule has 0 atom stereocenters. The summed E-state index contributed by atoms with van der Waals surface area (Å²) < 4.78 is 10.1. The number of benzene rings is 2. The van der Waals surface area contributed by atoms with Crippen molar-refractivity contribution in [3.05, 3.63) is 76.2 Å². The molecule has 3 rings (SSSR count). The van der Waals surface area contributed by atoms with E-state index in [9.17, 15) is 14.4 Å². The van der Waals surface area contributed by atoms with Crippen molar-refractivity contribution in [2.45, 2.75) is 13.5 Å². The Bertz CT molecular complexity index is 1020. The minimum absolute atomic E-state index is 0.0613. The largest absolute Gasteiger partial charge is 0.461 e. The van der Waals surface area contributed by atoms with Crippen molar-refractivity contribution >= 4 is 40.7 Å². The van der Waals surface area contributed by atoms with Gasteiger partial charge in [-0.15, -0.1) is 11.3 Å². The van der Waals surface area contributed by atoms with Gasteiger partial charge >= 0.3 is 18.0 Å². The number of rotatable bonds is 7. The fraction of sp³-hybridized carbons (Fsp3) is 0.143. The highest BCUT2D eigenvalue weighted by Gasteiger charge is 2.14. The molecule has 0 fully saturated rings. The summed E-state index contributed by atoms with van der Waals surface area (Å²) in [5.41, 5.74) is 1.99. The number of thiazole rings is 1. The molecule has 154 valence electrons. The molecule has 2 N–H and O–H groups in total. The first-order chi connectivity index (χ1) is 14.5. The lowest BCUT2D eigenvalue weighted by Gasteiger charge is -2.08. The second kappa shape index (κ2) is 10.2. The van der Waals surface area contributed by atoms with Gasteiger partial charge in [-0.1, -0.05) is 18.2 Å². The van der Waals surface area contributed by atoms with E-state index in [0.29, 0.717) is 22.6 Å². The summed E-state index contributed by atoms with van der Waals surface area (Å²) in [4.78, 5) is 39.9. The fourth-order valence-corrected chi connectivity index (χ4v) is 3.08. The number of ether oxygens (including phenoxy) is 2. The van der Waals surface area contributed by atoms with E-state index < -0.39 is 18.0 Å². The standard InChI is InChI=1S/C21H19N3O5S/c1-2-28-20(26)18-22-17(13-30-18)12-29-19(25)14-8-10-16(11-9-14)24-21(27)23-15-6-4-3-5-7-15/h3-11,13H,2,12H2,1H3,(H2,23,24,27). The molecule has 3 aromatic rings. The third-order valence-electron chi connectivity index (χ3n) is 3.76. The van der Waals surface area contributed by atoms with Gasteiger partial charge in [-0.3, -0.25) is 0 Å². The number of aromatic nitrogens is 1. The molecule has 0 spiro atoms. The molecule has 0 aliphatic carbocycles. The average molecular weight is 425 g/mol. The van der Waals surface area contributed by atoms with E-state index in [4.69, 9.17) is 9.47 Å². The second-order valence-electron chi connectivity index (χ2n) is 5.96. The Kier molecular flexibility index (Phi) is 7.12. The Morgan fingerprint density at radius 1 is 0.900 bits per heavy atom. The maximum absolute atomic E-state index is 12.2. The molecule has 1 aromatic heterocycles. The number of para-hydroxylation sites is 1. The van der Waals surface area contributed by atoms with Crippen LogP contribution in [0, 0.1) is 0 Å².